The Bertz CT molecular complexity index is 1180. The second kappa shape index (κ2) is 8.89. The Morgan fingerprint density at radius 1 is 0.844 bits per heavy atom. The van der Waals surface area contributed by atoms with Gasteiger partial charge in [-0.3, -0.25) is 0 Å². The van der Waals surface area contributed by atoms with Crippen LogP contribution < -0.4 is 4.74 Å². The van der Waals surface area contributed by atoms with Gasteiger partial charge in [0, 0.05) is 10.0 Å². The number of cyclic esters (lactones) is 1. The van der Waals surface area contributed by atoms with Crippen LogP contribution in [0.15, 0.2) is 72.5 Å². The number of halogens is 2. The molecule has 0 spiro atoms. The third kappa shape index (κ3) is 4.62. The van der Waals surface area contributed by atoms with Gasteiger partial charge in [-0.1, -0.05) is 47.5 Å². The maximum atomic E-state index is 12.9. The summed E-state index contributed by atoms with van der Waals surface area (Å²) < 4.78 is 17.3. The Kier molecular flexibility index (Phi) is 6.18. The molecule has 0 N–H and O–H groups in total. The van der Waals surface area contributed by atoms with E-state index in [2.05, 4.69) is 0 Å². The lowest BCUT2D eigenvalue weighted by Crippen LogP contribution is -2.25. The van der Waals surface area contributed by atoms with Crippen molar-refractivity contribution in [1.29, 1.82) is 0 Å². The summed E-state index contributed by atoms with van der Waals surface area (Å²) in [5.41, 5.74) is 3.14. The van der Waals surface area contributed by atoms with E-state index in [9.17, 15) is 4.79 Å². The molecule has 0 bridgehead atoms. The van der Waals surface area contributed by atoms with Crippen molar-refractivity contribution >= 4 is 34.7 Å². The van der Waals surface area contributed by atoms with Gasteiger partial charge < -0.3 is 14.2 Å². The molecule has 0 aromatic heterocycles. The average molecular weight is 469 g/mol. The van der Waals surface area contributed by atoms with Crippen molar-refractivity contribution in [2.24, 2.45) is 0 Å². The highest BCUT2D eigenvalue weighted by molar-refractivity contribution is 6.30. The fourth-order valence-corrected chi connectivity index (χ4v) is 3.85. The van der Waals surface area contributed by atoms with Gasteiger partial charge >= 0.3 is 5.97 Å². The average Bonchev–Trinajstić information content (AvgIpc) is 2.98. The molecule has 32 heavy (non-hydrogen) atoms. The van der Waals surface area contributed by atoms with E-state index in [1.54, 1.807) is 38.1 Å². The second-order valence-corrected chi connectivity index (χ2v) is 8.87. The summed E-state index contributed by atoms with van der Waals surface area (Å²) in [4.78, 5) is 12.9. The lowest BCUT2D eigenvalue weighted by Gasteiger charge is -2.21. The number of esters is 1. The van der Waals surface area contributed by atoms with Crippen LogP contribution in [0.25, 0.3) is 16.7 Å². The molecule has 1 aliphatic rings. The molecule has 0 unspecified atom stereocenters. The largest absolute Gasteiger partial charge is 0.458 e. The number of hydrogen-bond donors (Lipinski definition) is 0. The zero-order valence-corrected chi connectivity index (χ0v) is 19.5. The van der Waals surface area contributed by atoms with Gasteiger partial charge in [0.15, 0.2) is 11.4 Å². The molecule has 0 aliphatic carbocycles. The fraction of sp³-hybridized carbons (Fsp3) is 0.192. The number of benzene rings is 3. The maximum Gasteiger partial charge on any atom is 0.343 e. The zero-order valence-electron chi connectivity index (χ0n) is 17.9. The van der Waals surface area contributed by atoms with Gasteiger partial charge in [-0.2, -0.15) is 0 Å². The summed E-state index contributed by atoms with van der Waals surface area (Å²) in [7, 11) is 0. The third-order valence-electron chi connectivity index (χ3n) is 5.25. The van der Waals surface area contributed by atoms with Crippen LogP contribution in [0.5, 0.6) is 5.75 Å². The monoisotopic (exact) mass is 468 g/mol. The summed E-state index contributed by atoms with van der Waals surface area (Å²) in [6, 6.07) is 20.5. The van der Waals surface area contributed by atoms with E-state index >= 15 is 0 Å². The van der Waals surface area contributed by atoms with Crippen molar-refractivity contribution in [3.8, 4) is 16.9 Å². The first-order valence-electron chi connectivity index (χ1n) is 10.1. The molecule has 1 heterocycles. The van der Waals surface area contributed by atoms with Crippen LogP contribution in [0.3, 0.4) is 0 Å². The second-order valence-electron chi connectivity index (χ2n) is 8.00. The quantitative estimate of drug-likeness (QED) is 0.286. The molecule has 6 heteroatoms. The summed E-state index contributed by atoms with van der Waals surface area (Å²) in [6.07, 6.45) is 0. The molecule has 0 amide bonds. The highest BCUT2D eigenvalue weighted by Gasteiger charge is 2.43. The molecule has 0 fully saturated rings. The van der Waals surface area contributed by atoms with Crippen LogP contribution in [0.2, 0.25) is 10.0 Å². The van der Waals surface area contributed by atoms with Gasteiger partial charge in [0.1, 0.15) is 11.3 Å². The Morgan fingerprint density at radius 3 is 2.09 bits per heavy atom. The van der Waals surface area contributed by atoms with E-state index in [4.69, 9.17) is 37.4 Å². The molecule has 164 valence electrons. The van der Waals surface area contributed by atoms with Crippen molar-refractivity contribution in [1.82, 2.24) is 0 Å². The highest BCUT2D eigenvalue weighted by atomic mass is 35.5. The minimum atomic E-state index is -0.918. The lowest BCUT2D eigenvalue weighted by molar-refractivity contribution is -0.145. The minimum Gasteiger partial charge on any atom is -0.458 e. The Morgan fingerprint density at radius 2 is 1.44 bits per heavy atom. The molecule has 0 saturated heterocycles. The summed E-state index contributed by atoms with van der Waals surface area (Å²) >= 11 is 11.9. The molecule has 3 aromatic carbocycles. The van der Waals surface area contributed by atoms with Gasteiger partial charge in [-0.25, -0.2) is 4.79 Å². The van der Waals surface area contributed by atoms with Crippen molar-refractivity contribution in [3.63, 3.8) is 0 Å². The summed E-state index contributed by atoms with van der Waals surface area (Å²) in [6.45, 7) is 5.48. The first kappa shape index (κ1) is 22.3. The summed E-state index contributed by atoms with van der Waals surface area (Å²) in [5, 5.41) is 1.29. The van der Waals surface area contributed by atoms with E-state index < -0.39 is 11.6 Å². The smallest absolute Gasteiger partial charge is 0.343 e. The number of rotatable bonds is 6. The van der Waals surface area contributed by atoms with Gasteiger partial charge in [0.25, 0.3) is 0 Å². The molecular weight excluding hydrogens is 447 g/mol. The molecule has 0 atom stereocenters. The third-order valence-corrected chi connectivity index (χ3v) is 5.76. The lowest BCUT2D eigenvalue weighted by atomic mass is 9.93. The van der Waals surface area contributed by atoms with Crippen molar-refractivity contribution in [2.45, 2.75) is 26.4 Å². The van der Waals surface area contributed by atoms with E-state index in [-0.39, 0.29) is 6.79 Å². The molecular formula is C26H22Cl2O4. The van der Waals surface area contributed by atoms with Crippen molar-refractivity contribution in [2.75, 3.05) is 6.79 Å². The normalized spacial score (nSPS) is 15.0. The van der Waals surface area contributed by atoms with Crippen LogP contribution in [0, 0.1) is 6.92 Å². The zero-order chi connectivity index (χ0) is 22.9. The van der Waals surface area contributed by atoms with Crippen molar-refractivity contribution in [3.05, 3.63) is 93.7 Å². The number of ether oxygens (including phenoxy) is 3. The van der Waals surface area contributed by atoms with Crippen LogP contribution in [-0.4, -0.2) is 18.4 Å². The minimum absolute atomic E-state index is 0.0730. The van der Waals surface area contributed by atoms with Crippen LogP contribution in [0.4, 0.5) is 0 Å². The Balaban J connectivity index is 1.68. The van der Waals surface area contributed by atoms with Gasteiger partial charge in [-0.15, -0.1) is 0 Å². The molecule has 4 nitrogen and oxygen atoms in total. The molecule has 3 aromatic rings. The van der Waals surface area contributed by atoms with Crippen molar-refractivity contribution < 1.29 is 19.0 Å². The van der Waals surface area contributed by atoms with Crippen LogP contribution >= 0.6 is 23.2 Å². The molecule has 0 radical (unpaired) electrons. The standard InChI is InChI=1S/C26H22Cl2O4/c1-16-4-5-18(17-6-8-19(27)9-7-17)14-22(16)23-24(26(2,3)32-25(23)29)31-15-30-21-12-10-20(28)11-13-21/h4-14H,15H2,1-3H3. The predicted molar refractivity (Wildman–Crippen MR) is 127 cm³/mol. The van der Waals surface area contributed by atoms with E-state index in [1.807, 2.05) is 49.4 Å². The molecule has 4 rings (SSSR count). The van der Waals surface area contributed by atoms with Gasteiger partial charge in [0.2, 0.25) is 6.79 Å². The number of carbonyl (C=O) groups is 1. The Hall–Kier alpha value is -2.95. The fourth-order valence-electron chi connectivity index (χ4n) is 3.60. The SMILES string of the molecule is Cc1ccc(-c2ccc(Cl)cc2)cc1C1=C(OCOc2ccc(Cl)cc2)C(C)(C)OC1=O. The molecule has 0 saturated carbocycles. The summed E-state index contributed by atoms with van der Waals surface area (Å²) in [5.74, 6) is 0.626. The molecule has 1 aliphatic heterocycles. The first-order valence-corrected chi connectivity index (χ1v) is 10.9. The van der Waals surface area contributed by atoms with E-state index in [0.717, 1.165) is 22.3 Å². The maximum absolute atomic E-state index is 12.9. The Labute approximate surface area is 197 Å². The van der Waals surface area contributed by atoms with Gasteiger partial charge in [0.05, 0.1) is 0 Å². The topological polar surface area (TPSA) is 44.8 Å². The number of hydrogen-bond acceptors (Lipinski definition) is 4. The number of carbonyl (C=O) groups excluding carboxylic acids is 1. The number of aryl methyl sites for hydroxylation is 1. The predicted octanol–water partition coefficient (Wildman–Crippen LogP) is 7.07. The van der Waals surface area contributed by atoms with Gasteiger partial charge in [-0.05, 0) is 85.5 Å². The van der Waals surface area contributed by atoms with E-state index in [1.165, 1.54) is 0 Å². The van der Waals surface area contributed by atoms with Crippen LogP contribution in [-0.2, 0) is 14.3 Å². The van der Waals surface area contributed by atoms with E-state index in [0.29, 0.717) is 27.1 Å². The highest BCUT2D eigenvalue weighted by Crippen LogP contribution is 2.40. The first-order chi connectivity index (χ1) is 15.2. The van der Waals surface area contributed by atoms with Crippen LogP contribution in [0.1, 0.15) is 25.0 Å².